The summed E-state index contributed by atoms with van der Waals surface area (Å²) in [6, 6.07) is 0. The Morgan fingerprint density at radius 3 is 2.63 bits per heavy atom. The molecule has 0 aromatic carbocycles. The maximum atomic E-state index is 11.9. The van der Waals surface area contributed by atoms with E-state index in [-0.39, 0.29) is 6.42 Å². The van der Waals surface area contributed by atoms with Gasteiger partial charge in [-0.05, 0) is 19.8 Å². The van der Waals surface area contributed by atoms with Crippen molar-refractivity contribution in [2.24, 2.45) is 17.8 Å². The summed E-state index contributed by atoms with van der Waals surface area (Å²) < 4.78 is 4.76. The Hall–Kier alpha value is -1.20. The summed E-state index contributed by atoms with van der Waals surface area (Å²) in [5.41, 5.74) is 0. The summed E-state index contributed by atoms with van der Waals surface area (Å²) in [4.78, 5) is 22.9. The lowest BCUT2D eigenvalue weighted by Crippen LogP contribution is -2.35. The molecule has 1 saturated carbocycles. The Labute approximate surface area is 113 Å². The van der Waals surface area contributed by atoms with Crippen LogP contribution in [-0.2, 0) is 14.3 Å². The van der Waals surface area contributed by atoms with Crippen LogP contribution in [0.1, 0.15) is 26.2 Å². The van der Waals surface area contributed by atoms with E-state index in [4.69, 9.17) is 4.74 Å². The molecule has 19 heavy (non-hydrogen) atoms. The Morgan fingerprint density at radius 2 is 2.11 bits per heavy atom. The molecule has 0 amide bonds. The summed E-state index contributed by atoms with van der Waals surface area (Å²) in [6.07, 6.45) is 4.00. The highest BCUT2D eigenvalue weighted by Gasteiger charge is 2.47. The van der Waals surface area contributed by atoms with Crippen molar-refractivity contribution in [3.05, 3.63) is 12.2 Å². The first-order chi connectivity index (χ1) is 9.06. The number of hydrogen-bond acceptors (Lipinski definition) is 5. The Morgan fingerprint density at radius 1 is 1.42 bits per heavy atom. The van der Waals surface area contributed by atoms with Crippen LogP contribution in [0.5, 0.6) is 0 Å². The lowest BCUT2D eigenvalue weighted by Gasteiger charge is -2.26. The molecule has 0 aliphatic heterocycles. The number of aliphatic hydroxyl groups is 2. The van der Waals surface area contributed by atoms with Crippen LogP contribution in [0.25, 0.3) is 0 Å². The molecule has 108 valence electrons. The molecule has 1 aliphatic rings. The second-order valence-corrected chi connectivity index (χ2v) is 4.94. The molecule has 0 aromatic heterocycles. The summed E-state index contributed by atoms with van der Waals surface area (Å²) in [5.74, 6) is -2.27. The quantitative estimate of drug-likeness (QED) is 0.421. The molecule has 1 fully saturated rings. The molecule has 2 N–H and O–H groups in total. The maximum absolute atomic E-state index is 11.9. The molecule has 0 saturated heterocycles. The van der Waals surface area contributed by atoms with Gasteiger partial charge >= 0.3 is 5.97 Å². The van der Waals surface area contributed by atoms with Gasteiger partial charge in [-0.15, -0.1) is 0 Å². The number of ether oxygens (including phenoxy) is 1. The number of hydrogen-bond donors (Lipinski definition) is 2. The smallest absolute Gasteiger partial charge is 0.309 e. The van der Waals surface area contributed by atoms with Gasteiger partial charge in [0.2, 0.25) is 0 Å². The van der Waals surface area contributed by atoms with Crippen molar-refractivity contribution in [3.63, 3.8) is 0 Å². The van der Waals surface area contributed by atoms with Crippen LogP contribution < -0.4 is 0 Å². The fraction of sp³-hybridized carbons (Fsp3) is 0.714. The van der Waals surface area contributed by atoms with Gasteiger partial charge in [0.15, 0.2) is 0 Å². The molecular weight excluding hydrogens is 248 g/mol. The molecule has 0 bridgehead atoms. The fourth-order valence-electron chi connectivity index (χ4n) is 2.85. The molecule has 0 heterocycles. The number of allylic oxidation sites excluding steroid dienone is 2. The molecular formula is C14H22O5. The van der Waals surface area contributed by atoms with Gasteiger partial charge in [-0.1, -0.05) is 12.2 Å². The molecule has 1 aliphatic carbocycles. The van der Waals surface area contributed by atoms with E-state index >= 15 is 0 Å². The average molecular weight is 270 g/mol. The van der Waals surface area contributed by atoms with Gasteiger partial charge in [0.05, 0.1) is 25.2 Å². The van der Waals surface area contributed by atoms with E-state index < -0.39 is 35.9 Å². The van der Waals surface area contributed by atoms with Crippen molar-refractivity contribution >= 4 is 12.3 Å². The number of methoxy groups -OCH3 is 1. The lowest BCUT2D eigenvalue weighted by atomic mass is 9.80. The zero-order chi connectivity index (χ0) is 14.4. The minimum atomic E-state index is -0.883. The topological polar surface area (TPSA) is 83.8 Å². The Bertz CT molecular complexity index is 339. The normalized spacial score (nSPS) is 32.4. The van der Waals surface area contributed by atoms with Gasteiger partial charge in [0.25, 0.3) is 0 Å². The Balaban J connectivity index is 2.88. The summed E-state index contributed by atoms with van der Waals surface area (Å²) in [5, 5.41) is 19.7. The average Bonchev–Trinajstić information content (AvgIpc) is 2.68. The van der Waals surface area contributed by atoms with Crippen molar-refractivity contribution in [2.45, 2.75) is 38.4 Å². The molecule has 0 spiro atoms. The SMILES string of the molecule is CC=CCCC(C(=O)OC)C1C(O)CC(O)C1C=O. The molecule has 5 atom stereocenters. The van der Waals surface area contributed by atoms with E-state index in [1.807, 2.05) is 19.1 Å². The lowest BCUT2D eigenvalue weighted by molar-refractivity contribution is -0.150. The van der Waals surface area contributed by atoms with E-state index in [1.165, 1.54) is 7.11 Å². The van der Waals surface area contributed by atoms with E-state index in [0.717, 1.165) is 0 Å². The van der Waals surface area contributed by atoms with Crippen LogP contribution >= 0.6 is 0 Å². The number of carbonyl (C=O) groups is 2. The predicted octanol–water partition coefficient (Wildman–Crippen LogP) is 0.689. The number of aldehydes is 1. The number of aliphatic hydroxyl groups excluding tert-OH is 2. The largest absolute Gasteiger partial charge is 0.469 e. The number of rotatable bonds is 6. The van der Waals surface area contributed by atoms with Crippen molar-refractivity contribution in [1.29, 1.82) is 0 Å². The summed E-state index contributed by atoms with van der Waals surface area (Å²) in [7, 11) is 1.29. The molecule has 1 rings (SSSR count). The first-order valence-electron chi connectivity index (χ1n) is 6.57. The van der Waals surface area contributed by atoms with E-state index in [2.05, 4.69) is 0 Å². The molecule has 5 unspecified atom stereocenters. The second kappa shape index (κ2) is 7.40. The third-order valence-electron chi connectivity index (χ3n) is 3.82. The molecule has 0 radical (unpaired) electrons. The summed E-state index contributed by atoms with van der Waals surface area (Å²) >= 11 is 0. The van der Waals surface area contributed by atoms with Crippen LogP contribution in [0.2, 0.25) is 0 Å². The highest BCUT2D eigenvalue weighted by molar-refractivity contribution is 5.74. The van der Waals surface area contributed by atoms with E-state index in [1.54, 1.807) is 0 Å². The van der Waals surface area contributed by atoms with Crippen molar-refractivity contribution < 1.29 is 24.5 Å². The monoisotopic (exact) mass is 270 g/mol. The van der Waals surface area contributed by atoms with Crippen LogP contribution in [0.3, 0.4) is 0 Å². The van der Waals surface area contributed by atoms with Gasteiger partial charge in [0.1, 0.15) is 6.29 Å². The van der Waals surface area contributed by atoms with Crippen LogP contribution in [-0.4, -0.2) is 41.8 Å². The molecule has 0 aromatic rings. The minimum Gasteiger partial charge on any atom is -0.469 e. The van der Waals surface area contributed by atoms with E-state index in [0.29, 0.717) is 19.1 Å². The van der Waals surface area contributed by atoms with E-state index in [9.17, 15) is 19.8 Å². The van der Waals surface area contributed by atoms with Crippen molar-refractivity contribution in [1.82, 2.24) is 0 Å². The van der Waals surface area contributed by atoms with Gasteiger partial charge < -0.3 is 19.7 Å². The van der Waals surface area contributed by atoms with Crippen LogP contribution in [0, 0.1) is 17.8 Å². The van der Waals surface area contributed by atoms with Gasteiger partial charge in [0, 0.05) is 18.3 Å². The Kier molecular flexibility index (Phi) is 6.18. The van der Waals surface area contributed by atoms with Crippen LogP contribution in [0.4, 0.5) is 0 Å². The van der Waals surface area contributed by atoms with Gasteiger partial charge in [-0.25, -0.2) is 0 Å². The standard InChI is InChI=1S/C14H22O5/c1-3-4-5-6-9(14(18)19-2)13-10(8-15)11(16)7-12(13)17/h3-4,8-13,16-17H,5-7H2,1-2H3. The molecule has 5 heteroatoms. The zero-order valence-electron chi connectivity index (χ0n) is 11.4. The summed E-state index contributed by atoms with van der Waals surface area (Å²) in [6.45, 7) is 1.88. The second-order valence-electron chi connectivity index (χ2n) is 4.94. The van der Waals surface area contributed by atoms with Crippen molar-refractivity contribution in [2.75, 3.05) is 7.11 Å². The minimum absolute atomic E-state index is 0.130. The highest BCUT2D eigenvalue weighted by atomic mass is 16.5. The maximum Gasteiger partial charge on any atom is 0.309 e. The fourth-order valence-corrected chi connectivity index (χ4v) is 2.85. The van der Waals surface area contributed by atoms with Gasteiger partial charge in [-0.3, -0.25) is 4.79 Å². The van der Waals surface area contributed by atoms with Gasteiger partial charge in [-0.2, -0.15) is 0 Å². The zero-order valence-corrected chi connectivity index (χ0v) is 11.4. The van der Waals surface area contributed by atoms with Crippen molar-refractivity contribution in [3.8, 4) is 0 Å². The number of esters is 1. The van der Waals surface area contributed by atoms with Crippen LogP contribution in [0.15, 0.2) is 12.2 Å². The third-order valence-corrected chi connectivity index (χ3v) is 3.82. The predicted molar refractivity (Wildman–Crippen MR) is 69.2 cm³/mol. The third kappa shape index (κ3) is 3.64. The first-order valence-corrected chi connectivity index (χ1v) is 6.57. The first kappa shape index (κ1) is 15.9. The molecule has 5 nitrogen and oxygen atoms in total. The highest BCUT2D eigenvalue weighted by Crippen LogP contribution is 2.39. The number of carbonyl (C=O) groups excluding carboxylic acids is 2.